The first-order valence-corrected chi connectivity index (χ1v) is 7.29. The highest BCUT2D eigenvalue weighted by Gasteiger charge is 2.46. The van der Waals surface area contributed by atoms with Gasteiger partial charge in [-0.25, -0.2) is 4.79 Å². The molecule has 1 atom stereocenters. The summed E-state index contributed by atoms with van der Waals surface area (Å²) in [5, 5.41) is 2.51. The summed E-state index contributed by atoms with van der Waals surface area (Å²) < 4.78 is 44.2. The van der Waals surface area contributed by atoms with Gasteiger partial charge in [0.2, 0.25) is 0 Å². The third-order valence-corrected chi connectivity index (χ3v) is 3.56. The quantitative estimate of drug-likeness (QED) is 0.914. The van der Waals surface area contributed by atoms with Gasteiger partial charge >= 0.3 is 12.2 Å². The second-order valence-corrected chi connectivity index (χ2v) is 5.13. The summed E-state index contributed by atoms with van der Waals surface area (Å²) >= 11 is 0. The van der Waals surface area contributed by atoms with Crippen molar-refractivity contribution in [2.24, 2.45) is 0 Å². The Morgan fingerprint density at radius 1 is 1.32 bits per heavy atom. The number of urea groups is 1. The van der Waals surface area contributed by atoms with Gasteiger partial charge in [-0.3, -0.25) is 0 Å². The zero-order chi connectivity index (χ0) is 16.2. The van der Waals surface area contributed by atoms with Crippen molar-refractivity contribution < 1.29 is 22.7 Å². The predicted molar refractivity (Wildman–Crippen MR) is 77.0 cm³/mol. The first-order chi connectivity index (χ1) is 10.4. The normalized spacial score (nSPS) is 18.9. The molecule has 1 saturated heterocycles. The summed E-state index contributed by atoms with van der Waals surface area (Å²) in [4.78, 5) is 13.0. The Morgan fingerprint density at radius 2 is 2.00 bits per heavy atom. The minimum absolute atomic E-state index is 0.0415. The molecule has 1 unspecified atom stereocenters. The predicted octanol–water partition coefficient (Wildman–Crippen LogP) is 4.03. The molecule has 7 heteroatoms. The maximum atomic E-state index is 13.0. The van der Waals surface area contributed by atoms with Crippen LogP contribution in [0.1, 0.15) is 26.2 Å². The van der Waals surface area contributed by atoms with Crippen molar-refractivity contribution in [1.82, 2.24) is 4.90 Å². The van der Waals surface area contributed by atoms with E-state index in [2.05, 4.69) is 5.32 Å². The maximum absolute atomic E-state index is 13.0. The third kappa shape index (κ3) is 4.05. The number of benzene rings is 1. The maximum Gasteiger partial charge on any atom is 0.408 e. The molecule has 1 N–H and O–H groups in total. The Balaban J connectivity index is 2.03. The number of nitrogens with zero attached hydrogens (tertiary/aromatic N) is 1. The number of carbonyl (C=O) groups excluding carboxylic acids is 1. The van der Waals surface area contributed by atoms with Crippen LogP contribution in [0.25, 0.3) is 0 Å². The summed E-state index contributed by atoms with van der Waals surface area (Å²) in [5.74, 6) is 0.645. The standard InChI is InChI=1S/C15H19F3N2O2/c1-2-22-12-8-6-11(7-9-12)19-14(21)20-10-4-3-5-13(20)15(16,17)18/h6-9,13H,2-5,10H2,1H3,(H,19,21). The lowest BCUT2D eigenvalue weighted by Crippen LogP contribution is -2.52. The number of hydrogen-bond donors (Lipinski definition) is 1. The van der Waals surface area contributed by atoms with Crippen molar-refractivity contribution in [2.45, 2.75) is 38.4 Å². The number of alkyl halides is 3. The van der Waals surface area contributed by atoms with E-state index in [1.165, 1.54) is 0 Å². The number of ether oxygens (including phenoxy) is 1. The van der Waals surface area contributed by atoms with Gasteiger partial charge in [0.25, 0.3) is 0 Å². The van der Waals surface area contributed by atoms with Crippen LogP contribution in [-0.2, 0) is 0 Å². The lowest BCUT2D eigenvalue weighted by atomic mass is 10.0. The SMILES string of the molecule is CCOc1ccc(NC(=O)N2CCCCC2C(F)(F)F)cc1. The van der Waals surface area contributed by atoms with Crippen LogP contribution in [0, 0.1) is 0 Å². The fraction of sp³-hybridized carbons (Fsp3) is 0.533. The van der Waals surface area contributed by atoms with Gasteiger partial charge in [0, 0.05) is 12.2 Å². The Bertz CT molecular complexity index is 503. The van der Waals surface area contributed by atoms with Crippen LogP contribution in [0.3, 0.4) is 0 Å². The van der Waals surface area contributed by atoms with Gasteiger partial charge in [-0.05, 0) is 50.5 Å². The smallest absolute Gasteiger partial charge is 0.408 e. The molecule has 22 heavy (non-hydrogen) atoms. The molecule has 1 fully saturated rings. The molecule has 0 bridgehead atoms. The fourth-order valence-corrected chi connectivity index (χ4v) is 2.51. The van der Waals surface area contributed by atoms with Crippen LogP contribution in [0.2, 0.25) is 0 Å². The van der Waals surface area contributed by atoms with Gasteiger partial charge in [-0.1, -0.05) is 0 Å². The van der Waals surface area contributed by atoms with Crippen LogP contribution in [-0.4, -0.2) is 36.3 Å². The molecule has 0 radical (unpaired) electrons. The lowest BCUT2D eigenvalue weighted by molar-refractivity contribution is -0.181. The summed E-state index contributed by atoms with van der Waals surface area (Å²) in [6, 6.07) is 4.12. The molecular formula is C15H19F3N2O2. The van der Waals surface area contributed by atoms with Crippen molar-refractivity contribution in [2.75, 3.05) is 18.5 Å². The van der Waals surface area contributed by atoms with Crippen LogP contribution < -0.4 is 10.1 Å². The van der Waals surface area contributed by atoms with Crippen molar-refractivity contribution in [3.05, 3.63) is 24.3 Å². The number of anilines is 1. The summed E-state index contributed by atoms with van der Waals surface area (Å²) in [5.41, 5.74) is 0.444. The number of hydrogen-bond acceptors (Lipinski definition) is 2. The average molecular weight is 316 g/mol. The number of halogens is 3. The number of amides is 2. The van der Waals surface area contributed by atoms with Crippen LogP contribution in [0.4, 0.5) is 23.7 Å². The van der Waals surface area contributed by atoms with Crippen molar-refractivity contribution >= 4 is 11.7 Å². The molecule has 1 aromatic rings. The molecule has 0 aliphatic carbocycles. The number of rotatable bonds is 3. The molecule has 4 nitrogen and oxygen atoms in total. The van der Waals surface area contributed by atoms with E-state index in [0.717, 1.165) is 4.90 Å². The van der Waals surface area contributed by atoms with Crippen LogP contribution in [0.5, 0.6) is 5.75 Å². The first-order valence-electron chi connectivity index (χ1n) is 7.29. The highest BCUT2D eigenvalue weighted by molar-refractivity contribution is 5.89. The minimum Gasteiger partial charge on any atom is -0.494 e. The lowest BCUT2D eigenvalue weighted by Gasteiger charge is -2.36. The summed E-state index contributed by atoms with van der Waals surface area (Å²) in [7, 11) is 0. The zero-order valence-corrected chi connectivity index (χ0v) is 12.3. The van der Waals surface area contributed by atoms with Gasteiger partial charge < -0.3 is 15.0 Å². The molecular weight excluding hydrogens is 297 g/mol. The Labute approximate surface area is 127 Å². The minimum atomic E-state index is -4.39. The van der Waals surface area contributed by atoms with Crippen LogP contribution >= 0.6 is 0 Å². The summed E-state index contributed by atoms with van der Waals surface area (Å²) in [6.07, 6.45) is -3.36. The number of nitrogens with one attached hydrogen (secondary N) is 1. The van der Waals surface area contributed by atoms with Crippen molar-refractivity contribution in [3.63, 3.8) is 0 Å². The van der Waals surface area contributed by atoms with E-state index >= 15 is 0 Å². The Hall–Kier alpha value is -1.92. The molecule has 2 rings (SSSR count). The molecule has 1 aromatic carbocycles. The Morgan fingerprint density at radius 3 is 2.59 bits per heavy atom. The van der Waals surface area contributed by atoms with E-state index in [0.29, 0.717) is 30.9 Å². The monoisotopic (exact) mass is 316 g/mol. The molecule has 0 aromatic heterocycles. The van der Waals surface area contributed by atoms with Gasteiger partial charge in [-0.15, -0.1) is 0 Å². The second-order valence-electron chi connectivity index (χ2n) is 5.13. The highest BCUT2D eigenvalue weighted by atomic mass is 19.4. The van der Waals surface area contributed by atoms with E-state index in [-0.39, 0.29) is 13.0 Å². The third-order valence-electron chi connectivity index (χ3n) is 3.56. The second kappa shape index (κ2) is 6.89. The van der Waals surface area contributed by atoms with Gasteiger partial charge in [-0.2, -0.15) is 13.2 Å². The average Bonchev–Trinajstić information content (AvgIpc) is 2.48. The zero-order valence-electron chi connectivity index (χ0n) is 12.3. The van der Waals surface area contributed by atoms with Crippen molar-refractivity contribution in [3.8, 4) is 5.75 Å². The summed E-state index contributed by atoms with van der Waals surface area (Å²) in [6.45, 7) is 2.49. The van der Waals surface area contributed by atoms with Crippen LogP contribution in [0.15, 0.2) is 24.3 Å². The molecule has 0 spiro atoms. The fourth-order valence-electron chi connectivity index (χ4n) is 2.51. The number of carbonyl (C=O) groups is 1. The molecule has 2 amide bonds. The van der Waals surface area contributed by atoms with Gasteiger partial charge in [0.15, 0.2) is 0 Å². The largest absolute Gasteiger partial charge is 0.494 e. The molecule has 122 valence electrons. The van der Waals surface area contributed by atoms with Gasteiger partial charge in [0.1, 0.15) is 11.8 Å². The molecule has 1 heterocycles. The number of piperidine rings is 1. The highest BCUT2D eigenvalue weighted by Crippen LogP contribution is 2.32. The first kappa shape index (κ1) is 16.5. The topological polar surface area (TPSA) is 41.6 Å². The van der Waals surface area contributed by atoms with E-state index in [4.69, 9.17) is 4.74 Å². The van der Waals surface area contributed by atoms with E-state index in [9.17, 15) is 18.0 Å². The molecule has 1 aliphatic rings. The van der Waals surface area contributed by atoms with E-state index < -0.39 is 18.2 Å². The van der Waals surface area contributed by atoms with Crippen molar-refractivity contribution in [1.29, 1.82) is 0 Å². The van der Waals surface area contributed by atoms with E-state index in [1.807, 2.05) is 6.92 Å². The van der Waals surface area contributed by atoms with Gasteiger partial charge in [0.05, 0.1) is 6.61 Å². The molecule has 0 saturated carbocycles. The Kier molecular flexibility index (Phi) is 5.15. The number of likely N-dealkylation sites (tertiary alicyclic amines) is 1. The molecule has 1 aliphatic heterocycles. The van der Waals surface area contributed by atoms with E-state index in [1.54, 1.807) is 24.3 Å².